The highest BCUT2D eigenvalue weighted by Gasteiger charge is 2.37. The summed E-state index contributed by atoms with van der Waals surface area (Å²) < 4.78 is 5.45. The number of hydrogen-bond acceptors (Lipinski definition) is 3. The highest BCUT2D eigenvalue weighted by atomic mass is 16.5. The van der Waals surface area contributed by atoms with E-state index in [0.29, 0.717) is 6.61 Å². The van der Waals surface area contributed by atoms with Gasteiger partial charge >= 0.3 is 0 Å². The quantitative estimate of drug-likeness (QED) is 0.816. The lowest BCUT2D eigenvalue weighted by Crippen LogP contribution is -2.29. The molecule has 0 spiro atoms. The van der Waals surface area contributed by atoms with Gasteiger partial charge in [-0.3, -0.25) is 0 Å². The maximum Gasteiger partial charge on any atom is 0.184 e. The molecule has 0 fully saturated rings. The van der Waals surface area contributed by atoms with E-state index in [9.17, 15) is 5.11 Å². The molecule has 0 bridgehead atoms. The molecule has 1 aliphatic rings. The van der Waals surface area contributed by atoms with Crippen molar-refractivity contribution < 1.29 is 9.84 Å². The average Bonchev–Trinajstić information content (AvgIpc) is 2.75. The van der Waals surface area contributed by atoms with Gasteiger partial charge in [0, 0.05) is 6.42 Å². The molecule has 2 rings (SSSR count). The highest BCUT2D eigenvalue weighted by molar-refractivity contribution is 5.78. The van der Waals surface area contributed by atoms with Crippen molar-refractivity contribution in [2.75, 3.05) is 13.2 Å². The molecule has 80 valence electrons. The SMILES string of the molecule is CCC1=N[C@](CO)(c2ccccc2)CO1. The first kappa shape index (κ1) is 10.2. The van der Waals surface area contributed by atoms with Crippen molar-refractivity contribution >= 4 is 5.90 Å². The number of aliphatic imine (C=N–C) groups is 1. The molecular formula is C12H15NO2. The molecule has 1 aromatic carbocycles. The summed E-state index contributed by atoms with van der Waals surface area (Å²) in [7, 11) is 0. The fourth-order valence-corrected chi connectivity index (χ4v) is 1.76. The normalized spacial score (nSPS) is 24.8. The van der Waals surface area contributed by atoms with Gasteiger partial charge in [-0.2, -0.15) is 0 Å². The van der Waals surface area contributed by atoms with E-state index < -0.39 is 5.54 Å². The minimum Gasteiger partial charge on any atom is -0.478 e. The predicted molar refractivity (Wildman–Crippen MR) is 58.9 cm³/mol. The summed E-state index contributed by atoms with van der Waals surface area (Å²) in [5, 5.41) is 9.50. The molecule has 3 nitrogen and oxygen atoms in total. The lowest BCUT2D eigenvalue weighted by atomic mass is 9.93. The first-order valence-corrected chi connectivity index (χ1v) is 5.18. The van der Waals surface area contributed by atoms with Crippen LogP contribution in [0, 0.1) is 0 Å². The Morgan fingerprint density at radius 3 is 2.67 bits per heavy atom. The lowest BCUT2D eigenvalue weighted by molar-refractivity contribution is 0.157. The molecule has 1 aromatic rings. The number of benzene rings is 1. The molecule has 0 amide bonds. The fraction of sp³-hybridized carbons (Fsp3) is 0.417. The van der Waals surface area contributed by atoms with Crippen LogP contribution >= 0.6 is 0 Å². The van der Waals surface area contributed by atoms with Crippen LogP contribution in [0.4, 0.5) is 0 Å². The van der Waals surface area contributed by atoms with Crippen LogP contribution in [-0.2, 0) is 10.3 Å². The summed E-state index contributed by atoms with van der Waals surface area (Å²) >= 11 is 0. The summed E-state index contributed by atoms with van der Waals surface area (Å²) in [6, 6.07) is 9.80. The smallest absolute Gasteiger partial charge is 0.184 e. The molecule has 1 aliphatic heterocycles. The Kier molecular flexibility index (Phi) is 2.73. The van der Waals surface area contributed by atoms with E-state index in [4.69, 9.17) is 4.74 Å². The van der Waals surface area contributed by atoms with E-state index in [2.05, 4.69) is 4.99 Å². The molecule has 0 aliphatic carbocycles. The molecule has 15 heavy (non-hydrogen) atoms. The minimum absolute atomic E-state index is 0.0134. The first-order chi connectivity index (χ1) is 7.30. The second-order valence-electron chi connectivity index (χ2n) is 3.70. The van der Waals surface area contributed by atoms with Gasteiger partial charge in [-0.05, 0) is 5.56 Å². The average molecular weight is 205 g/mol. The summed E-state index contributed by atoms with van der Waals surface area (Å²) in [6.07, 6.45) is 0.772. The van der Waals surface area contributed by atoms with Crippen molar-refractivity contribution in [2.24, 2.45) is 4.99 Å². The van der Waals surface area contributed by atoms with Gasteiger partial charge in [-0.25, -0.2) is 4.99 Å². The maximum atomic E-state index is 9.50. The molecule has 1 atom stereocenters. The van der Waals surface area contributed by atoms with Crippen LogP contribution in [0.25, 0.3) is 0 Å². The Labute approximate surface area is 89.4 Å². The Hall–Kier alpha value is -1.35. The van der Waals surface area contributed by atoms with E-state index in [0.717, 1.165) is 17.9 Å². The van der Waals surface area contributed by atoms with Gasteiger partial charge < -0.3 is 9.84 Å². The number of hydrogen-bond donors (Lipinski definition) is 1. The third-order valence-corrected chi connectivity index (χ3v) is 2.69. The Balaban J connectivity index is 2.36. The predicted octanol–water partition coefficient (Wildman–Crippen LogP) is 1.71. The standard InChI is InChI=1S/C12H15NO2/c1-2-11-13-12(8-14,9-15-11)10-6-4-3-5-7-10/h3-7,14H,2,8-9H2,1H3/t12-/m0/s1. The number of ether oxygens (including phenoxy) is 1. The van der Waals surface area contributed by atoms with Gasteiger partial charge in [0.1, 0.15) is 12.1 Å². The summed E-state index contributed by atoms with van der Waals surface area (Å²) in [5.41, 5.74) is 0.433. The highest BCUT2D eigenvalue weighted by Crippen LogP contribution is 2.30. The van der Waals surface area contributed by atoms with Crippen molar-refractivity contribution in [3.8, 4) is 0 Å². The molecule has 1 N–H and O–H groups in total. The molecule has 0 saturated carbocycles. The second kappa shape index (κ2) is 4.03. The second-order valence-corrected chi connectivity index (χ2v) is 3.70. The Morgan fingerprint density at radius 2 is 2.13 bits per heavy atom. The van der Waals surface area contributed by atoms with Crippen molar-refractivity contribution in [1.29, 1.82) is 0 Å². The van der Waals surface area contributed by atoms with Crippen LogP contribution < -0.4 is 0 Å². The Morgan fingerprint density at radius 1 is 1.40 bits per heavy atom. The molecule has 0 unspecified atom stereocenters. The number of aliphatic hydroxyl groups excluding tert-OH is 1. The van der Waals surface area contributed by atoms with Gasteiger partial charge in [0.15, 0.2) is 5.90 Å². The van der Waals surface area contributed by atoms with Gasteiger partial charge in [0.05, 0.1) is 6.61 Å². The van der Waals surface area contributed by atoms with Crippen LogP contribution in [0.1, 0.15) is 18.9 Å². The summed E-state index contributed by atoms with van der Waals surface area (Å²) in [6.45, 7) is 2.43. The van der Waals surface area contributed by atoms with Gasteiger partial charge in [-0.15, -0.1) is 0 Å². The van der Waals surface area contributed by atoms with Crippen LogP contribution in [0.3, 0.4) is 0 Å². The third kappa shape index (κ3) is 1.75. The van der Waals surface area contributed by atoms with E-state index in [-0.39, 0.29) is 6.61 Å². The van der Waals surface area contributed by atoms with Crippen LogP contribution in [0.15, 0.2) is 35.3 Å². The molecular weight excluding hydrogens is 190 g/mol. The molecule has 3 heteroatoms. The maximum absolute atomic E-state index is 9.50. The van der Waals surface area contributed by atoms with Gasteiger partial charge in [0.2, 0.25) is 0 Å². The lowest BCUT2D eigenvalue weighted by Gasteiger charge is -2.21. The summed E-state index contributed by atoms with van der Waals surface area (Å²) in [5.74, 6) is 0.730. The fourth-order valence-electron chi connectivity index (χ4n) is 1.76. The van der Waals surface area contributed by atoms with Crippen molar-refractivity contribution in [3.63, 3.8) is 0 Å². The zero-order valence-corrected chi connectivity index (χ0v) is 8.81. The van der Waals surface area contributed by atoms with E-state index in [1.165, 1.54) is 0 Å². The van der Waals surface area contributed by atoms with Crippen LogP contribution in [-0.4, -0.2) is 24.2 Å². The van der Waals surface area contributed by atoms with Crippen LogP contribution in [0.2, 0.25) is 0 Å². The zero-order valence-electron chi connectivity index (χ0n) is 8.81. The largest absolute Gasteiger partial charge is 0.478 e. The molecule has 0 radical (unpaired) electrons. The molecule has 0 aromatic heterocycles. The topological polar surface area (TPSA) is 41.8 Å². The van der Waals surface area contributed by atoms with E-state index in [1.807, 2.05) is 37.3 Å². The Bertz CT molecular complexity index is 361. The van der Waals surface area contributed by atoms with Crippen molar-refractivity contribution in [2.45, 2.75) is 18.9 Å². The third-order valence-electron chi connectivity index (χ3n) is 2.69. The number of nitrogens with zero attached hydrogens (tertiary/aromatic N) is 1. The van der Waals surface area contributed by atoms with Crippen LogP contribution in [0.5, 0.6) is 0 Å². The van der Waals surface area contributed by atoms with E-state index in [1.54, 1.807) is 0 Å². The minimum atomic E-state index is -0.577. The molecule has 1 heterocycles. The summed E-state index contributed by atoms with van der Waals surface area (Å²) in [4.78, 5) is 4.47. The van der Waals surface area contributed by atoms with E-state index >= 15 is 0 Å². The number of aliphatic hydroxyl groups is 1. The zero-order chi connectivity index (χ0) is 10.7. The van der Waals surface area contributed by atoms with Gasteiger partial charge in [0.25, 0.3) is 0 Å². The number of rotatable bonds is 3. The van der Waals surface area contributed by atoms with Gasteiger partial charge in [-0.1, -0.05) is 37.3 Å². The monoisotopic (exact) mass is 205 g/mol. The van der Waals surface area contributed by atoms with Crippen molar-refractivity contribution in [3.05, 3.63) is 35.9 Å². The molecule has 0 saturated heterocycles. The first-order valence-electron chi connectivity index (χ1n) is 5.18. The van der Waals surface area contributed by atoms with Crippen molar-refractivity contribution in [1.82, 2.24) is 0 Å².